The molecule has 0 aliphatic carbocycles. The summed E-state index contributed by atoms with van der Waals surface area (Å²) in [5.74, 6) is -2.46. The van der Waals surface area contributed by atoms with Gasteiger partial charge in [0.1, 0.15) is 0 Å². The molecule has 0 heterocycles. The van der Waals surface area contributed by atoms with Crippen LogP contribution in [0.5, 0.6) is 0 Å². The third-order valence-corrected chi connectivity index (χ3v) is 1.97. The summed E-state index contributed by atoms with van der Waals surface area (Å²) in [6.07, 6.45) is 5.92. The summed E-state index contributed by atoms with van der Waals surface area (Å²) in [7, 11) is 0. The van der Waals surface area contributed by atoms with Gasteiger partial charge in [-0.1, -0.05) is 38.1 Å². The van der Waals surface area contributed by atoms with Gasteiger partial charge in [-0.2, -0.15) is 0 Å². The van der Waals surface area contributed by atoms with Crippen molar-refractivity contribution < 1.29 is 19.8 Å². The van der Waals surface area contributed by atoms with Crippen LogP contribution in [0.15, 0.2) is 49.6 Å². The second-order valence-corrected chi connectivity index (χ2v) is 3.55. The van der Waals surface area contributed by atoms with Gasteiger partial charge >= 0.3 is 11.9 Å². The van der Waals surface area contributed by atoms with E-state index in [-0.39, 0.29) is 11.1 Å². The Morgan fingerprint density at radius 3 is 1.35 bits per heavy atom. The number of benzene rings is 1. The molecule has 1 rings (SSSR count). The maximum atomic E-state index is 10.5. The van der Waals surface area contributed by atoms with Crippen molar-refractivity contribution in [2.24, 2.45) is 0 Å². The van der Waals surface area contributed by atoms with Crippen molar-refractivity contribution >= 4 is 11.9 Å². The van der Waals surface area contributed by atoms with Crippen molar-refractivity contribution in [3.8, 4) is 0 Å². The Balaban J connectivity index is 0. The van der Waals surface area contributed by atoms with E-state index in [1.165, 1.54) is 24.3 Å². The maximum absolute atomic E-state index is 10.5. The van der Waals surface area contributed by atoms with Crippen molar-refractivity contribution in [2.75, 3.05) is 0 Å². The van der Waals surface area contributed by atoms with Gasteiger partial charge in [0.15, 0.2) is 0 Å². The number of hydrogen-bond acceptors (Lipinski definition) is 2. The number of carbonyl (C=O) groups is 2. The van der Waals surface area contributed by atoms with E-state index in [2.05, 4.69) is 27.0 Å². The molecule has 0 aliphatic heterocycles. The van der Waals surface area contributed by atoms with Crippen molar-refractivity contribution in [2.45, 2.75) is 26.7 Å². The van der Waals surface area contributed by atoms with E-state index in [4.69, 9.17) is 10.2 Å². The van der Waals surface area contributed by atoms with Gasteiger partial charge in [0.05, 0.1) is 11.1 Å². The number of hydrogen-bond donors (Lipinski definition) is 2. The monoisotopic (exact) mass is 278 g/mol. The molecule has 20 heavy (non-hydrogen) atoms. The zero-order valence-electron chi connectivity index (χ0n) is 12.0. The molecule has 4 nitrogen and oxygen atoms in total. The van der Waals surface area contributed by atoms with E-state index >= 15 is 0 Å². The average molecular weight is 278 g/mol. The fraction of sp³-hybridized carbons (Fsp3) is 0.250. The highest BCUT2D eigenvalue weighted by molar-refractivity contribution is 6.01. The topological polar surface area (TPSA) is 74.6 Å². The van der Waals surface area contributed by atoms with E-state index in [0.717, 1.165) is 12.8 Å². The number of aromatic carboxylic acids is 2. The first-order chi connectivity index (χ1) is 9.45. The Labute approximate surface area is 120 Å². The Kier molecular flexibility index (Phi) is 13.1. The lowest BCUT2D eigenvalue weighted by molar-refractivity contribution is 0.0651. The standard InChI is InChI=1S/C8H6O4.2C4H8/c9-7(10)5-3-1-2-4-6(5)8(11)12;2*1-3-4-2/h1-4H,(H,9,10)(H,11,12);2*3H,1,4H2,2H3. The molecule has 0 aliphatic rings. The molecule has 0 fully saturated rings. The van der Waals surface area contributed by atoms with Gasteiger partial charge in [0.25, 0.3) is 0 Å². The normalized spacial score (nSPS) is 8.10. The minimum Gasteiger partial charge on any atom is -0.478 e. The summed E-state index contributed by atoms with van der Waals surface area (Å²) in [6.45, 7) is 11.1. The first-order valence-electron chi connectivity index (χ1n) is 6.23. The van der Waals surface area contributed by atoms with E-state index in [9.17, 15) is 9.59 Å². The predicted octanol–water partition coefficient (Wildman–Crippen LogP) is 4.25. The molecule has 0 atom stereocenters. The van der Waals surface area contributed by atoms with Crippen LogP contribution in [0.1, 0.15) is 47.4 Å². The van der Waals surface area contributed by atoms with Crippen LogP contribution in [0, 0.1) is 0 Å². The number of carboxylic acids is 2. The van der Waals surface area contributed by atoms with Crippen LogP contribution in [0.25, 0.3) is 0 Å². The zero-order chi connectivity index (χ0) is 16.0. The minimum atomic E-state index is -1.23. The van der Waals surface area contributed by atoms with Crippen LogP contribution < -0.4 is 0 Å². The lowest BCUT2D eigenvalue weighted by Crippen LogP contribution is -2.06. The molecular formula is C16H22O4. The summed E-state index contributed by atoms with van der Waals surface area (Å²) in [5.41, 5.74) is -0.380. The summed E-state index contributed by atoms with van der Waals surface area (Å²) in [4.78, 5) is 20.9. The van der Waals surface area contributed by atoms with Gasteiger partial charge in [0.2, 0.25) is 0 Å². The third kappa shape index (κ3) is 9.65. The highest BCUT2D eigenvalue weighted by atomic mass is 16.4. The van der Waals surface area contributed by atoms with Gasteiger partial charge in [-0.25, -0.2) is 9.59 Å². The molecule has 110 valence electrons. The lowest BCUT2D eigenvalue weighted by Gasteiger charge is -1.98. The molecule has 4 heteroatoms. The summed E-state index contributed by atoms with van der Waals surface area (Å²) in [6, 6.07) is 5.48. The van der Waals surface area contributed by atoms with Crippen molar-refractivity contribution in [1.82, 2.24) is 0 Å². The smallest absolute Gasteiger partial charge is 0.336 e. The van der Waals surface area contributed by atoms with E-state index in [1.807, 2.05) is 12.2 Å². The van der Waals surface area contributed by atoms with E-state index < -0.39 is 11.9 Å². The molecule has 1 aromatic rings. The second kappa shape index (κ2) is 13.1. The molecule has 2 N–H and O–H groups in total. The zero-order valence-corrected chi connectivity index (χ0v) is 12.0. The Hall–Kier alpha value is -2.36. The first kappa shape index (κ1) is 20.0. The fourth-order valence-electron chi connectivity index (χ4n) is 0.856. The highest BCUT2D eigenvalue weighted by Crippen LogP contribution is 2.07. The van der Waals surface area contributed by atoms with Gasteiger partial charge in [-0.15, -0.1) is 13.2 Å². The summed E-state index contributed by atoms with van der Waals surface area (Å²) < 4.78 is 0. The molecule has 0 amide bonds. The van der Waals surface area contributed by atoms with Crippen LogP contribution in [-0.2, 0) is 0 Å². The fourth-order valence-corrected chi connectivity index (χ4v) is 0.856. The molecule has 0 bridgehead atoms. The van der Waals surface area contributed by atoms with Gasteiger partial charge < -0.3 is 10.2 Å². The Morgan fingerprint density at radius 1 is 0.950 bits per heavy atom. The van der Waals surface area contributed by atoms with Crippen molar-refractivity contribution in [3.05, 3.63) is 60.7 Å². The van der Waals surface area contributed by atoms with Crippen molar-refractivity contribution in [1.29, 1.82) is 0 Å². The Morgan fingerprint density at radius 2 is 1.20 bits per heavy atom. The van der Waals surface area contributed by atoms with Crippen molar-refractivity contribution in [3.63, 3.8) is 0 Å². The van der Waals surface area contributed by atoms with E-state index in [1.54, 1.807) is 0 Å². The Bertz CT molecular complexity index is 395. The highest BCUT2D eigenvalue weighted by Gasteiger charge is 2.13. The van der Waals surface area contributed by atoms with Crippen LogP contribution in [0.2, 0.25) is 0 Å². The minimum absolute atomic E-state index is 0.190. The number of allylic oxidation sites excluding steroid dienone is 2. The molecule has 0 aromatic heterocycles. The van der Waals surface area contributed by atoms with Crippen LogP contribution in [0.4, 0.5) is 0 Å². The predicted molar refractivity (Wildman–Crippen MR) is 81.3 cm³/mol. The first-order valence-corrected chi connectivity index (χ1v) is 6.23. The summed E-state index contributed by atoms with van der Waals surface area (Å²) >= 11 is 0. The van der Waals surface area contributed by atoms with Gasteiger partial charge in [-0.05, 0) is 25.0 Å². The molecule has 0 saturated carbocycles. The molecule has 0 unspecified atom stereocenters. The second-order valence-electron chi connectivity index (χ2n) is 3.55. The number of rotatable bonds is 4. The van der Waals surface area contributed by atoms with E-state index in [0.29, 0.717) is 0 Å². The molecule has 1 aromatic carbocycles. The van der Waals surface area contributed by atoms with Crippen LogP contribution >= 0.6 is 0 Å². The largest absolute Gasteiger partial charge is 0.478 e. The number of carboxylic acid groups (broad SMARTS) is 2. The van der Waals surface area contributed by atoms with Gasteiger partial charge in [0, 0.05) is 0 Å². The quantitative estimate of drug-likeness (QED) is 0.807. The molecule has 0 radical (unpaired) electrons. The van der Waals surface area contributed by atoms with Crippen LogP contribution in [-0.4, -0.2) is 22.2 Å². The lowest BCUT2D eigenvalue weighted by atomic mass is 10.1. The molecular weight excluding hydrogens is 256 g/mol. The maximum Gasteiger partial charge on any atom is 0.336 e. The third-order valence-electron chi connectivity index (χ3n) is 1.97. The SMILES string of the molecule is C=CCC.C=CCC.O=C(O)c1ccccc1C(=O)O. The van der Waals surface area contributed by atoms with Crippen LogP contribution in [0.3, 0.4) is 0 Å². The molecule has 0 saturated heterocycles. The average Bonchev–Trinajstić information content (AvgIpc) is 2.47. The summed E-state index contributed by atoms with van der Waals surface area (Å²) in [5, 5.41) is 17.1. The molecule has 0 spiro atoms. The van der Waals surface area contributed by atoms with Gasteiger partial charge in [-0.3, -0.25) is 0 Å².